The molecule has 3 aliphatic rings. The maximum absolute atomic E-state index is 10.5. The van der Waals surface area contributed by atoms with Gasteiger partial charge in [-0.15, -0.1) is 0 Å². The second-order valence-electron chi connectivity index (χ2n) is 13.1. The SMILES string of the molecule is CC(C)CCCC(C)[C@H]1CC[C@H]2[C@H](CN)[C@@H]([C@@]3(C)Cc4cnc(N)nc4C[C@@H]3CO)CC[C@]12C. The van der Waals surface area contributed by atoms with Gasteiger partial charge < -0.3 is 16.6 Å². The summed E-state index contributed by atoms with van der Waals surface area (Å²) in [5.74, 6) is 4.73. The van der Waals surface area contributed by atoms with Crippen LogP contribution in [0.3, 0.4) is 0 Å². The van der Waals surface area contributed by atoms with Crippen LogP contribution in [0.1, 0.15) is 90.8 Å². The van der Waals surface area contributed by atoms with Crippen LogP contribution in [0, 0.1) is 52.3 Å². The Bertz CT molecular complexity index is 843. The Balaban J connectivity index is 1.55. The molecular formula is C29H50N4O. The molecule has 5 N–H and O–H groups in total. The van der Waals surface area contributed by atoms with Crippen molar-refractivity contribution in [2.75, 3.05) is 18.9 Å². The quantitative estimate of drug-likeness (QED) is 0.482. The van der Waals surface area contributed by atoms with Gasteiger partial charge in [0.25, 0.3) is 0 Å². The summed E-state index contributed by atoms with van der Waals surface area (Å²) < 4.78 is 0. The smallest absolute Gasteiger partial charge is 0.220 e. The topological polar surface area (TPSA) is 98.0 Å². The fourth-order valence-electron chi connectivity index (χ4n) is 8.97. The van der Waals surface area contributed by atoms with Crippen molar-refractivity contribution in [3.63, 3.8) is 0 Å². The first-order chi connectivity index (χ1) is 16.1. The highest BCUT2D eigenvalue weighted by molar-refractivity contribution is 5.30. The third kappa shape index (κ3) is 4.52. The molecule has 0 saturated heterocycles. The fraction of sp³-hybridized carbons (Fsp3) is 0.862. The van der Waals surface area contributed by atoms with E-state index in [9.17, 15) is 5.11 Å². The maximum atomic E-state index is 10.5. The van der Waals surface area contributed by atoms with E-state index in [2.05, 4.69) is 44.6 Å². The van der Waals surface area contributed by atoms with E-state index in [0.29, 0.717) is 29.1 Å². The van der Waals surface area contributed by atoms with Crippen molar-refractivity contribution in [3.8, 4) is 0 Å². The van der Waals surface area contributed by atoms with Crippen LogP contribution in [0.15, 0.2) is 6.20 Å². The first-order valence-electron chi connectivity index (χ1n) is 14.0. The minimum atomic E-state index is 0.0214. The van der Waals surface area contributed by atoms with E-state index < -0.39 is 0 Å². The molecular weight excluding hydrogens is 420 g/mol. The van der Waals surface area contributed by atoms with Gasteiger partial charge in [0.15, 0.2) is 0 Å². The molecule has 0 aliphatic heterocycles. The molecule has 2 saturated carbocycles. The summed E-state index contributed by atoms with van der Waals surface area (Å²) in [5.41, 5.74) is 15.2. The summed E-state index contributed by atoms with van der Waals surface area (Å²) in [7, 11) is 0. The average Bonchev–Trinajstić information content (AvgIpc) is 3.15. The number of hydrogen-bond acceptors (Lipinski definition) is 5. The minimum absolute atomic E-state index is 0.0214. The Kier molecular flexibility index (Phi) is 7.65. The third-order valence-corrected chi connectivity index (χ3v) is 10.9. The first-order valence-corrected chi connectivity index (χ1v) is 14.0. The number of aliphatic hydroxyl groups excluding tert-OH is 1. The van der Waals surface area contributed by atoms with Gasteiger partial charge in [-0.2, -0.15) is 0 Å². The molecule has 1 aromatic rings. The van der Waals surface area contributed by atoms with Crippen molar-refractivity contribution in [1.29, 1.82) is 0 Å². The van der Waals surface area contributed by atoms with Gasteiger partial charge in [-0.05, 0) is 103 Å². The predicted molar refractivity (Wildman–Crippen MR) is 140 cm³/mol. The number of hydrogen-bond donors (Lipinski definition) is 3. The zero-order chi connectivity index (χ0) is 24.7. The van der Waals surface area contributed by atoms with E-state index in [1.54, 1.807) is 0 Å². The van der Waals surface area contributed by atoms with E-state index in [4.69, 9.17) is 11.5 Å². The molecule has 1 unspecified atom stereocenters. The number of anilines is 1. The molecule has 3 aliphatic carbocycles. The molecule has 0 spiro atoms. The Labute approximate surface area is 207 Å². The molecule has 34 heavy (non-hydrogen) atoms. The lowest BCUT2D eigenvalue weighted by Gasteiger charge is -2.57. The lowest BCUT2D eigenvalue weighted by Crippen LogP contribution is -2.54. The number of fused-ring (bicyclic) bond motifs is 2. The van der Waals surface area contributed by atoms with E-state index in [1.807, 2.05) is 6.20 Å². The number of rotatable bonds is 8. The molecule has 0 amide bonds. The van der Waals surface area contributed by atoms with Crippen LogP contribution in [-0.2, 0) is 12.8 Å². The van der Waals surface area contributed by atoms with Gasteiger partial charge in [0.1, 0.15) is 0 Å². The highest BCUT2D eigenvalue weighted by Crippen LogP contribution is 2.64. The molecule has 192 valence electrons. The fourth-order valence-corrected chi connectivity index (χ4v) is 8.97. The van der Waals surface area contributed by atoms with Crippen molar-refractivity contribution in [2.45, 2.75) is 92.4 Å². The standard InChI is InChI=1S/C29H50N4O/c1-18(2)7-6-8-19(3)23-9-10-24-22(15-30)25(11-12-28(23,24)4)29(5)14-20-16-32-27(31)33-26(20)13-21(29)17-34/h16,18-19,21-25,34H,6-15,17,30H2,1-5H3,(H2,31,32,33)/t19?,21-,22+,23-,24+,25+,28-,29+/m1/s1. The van der Waals surface area contributed by atoms with Crippen molar-refractivity contribution < 1.29 is 5.11 Å². The van der Waals surface area contributed by atoms with Crippen molar-refractivity contribution in [1.82, 2.24) is 9.97 Å². The van der Waals surface area contributed by atoms with Crippen LogP contribution in [-0.4, -0.2) is 28.2 Å². The van der Waals surface area contributed by atoms with Crippen molar-refractivity contribution in [3.05, 3.63) is 17.5 Å². The van der Waals surface area contributed by atoms with E-state index in [1.165, 1.54) is 50.5 Å². The van der Waals surface area contributed by atoms with Crippen LogP contribution < -0.4 is 11.5 Å². The summed E-state index contributed by atoms with van der Waals surface area (Å²) in [6, 6.07) is 0. The second-order valence-corrected chi connectivity index (χ2v) is 13.1. The highest BCUT2D eigenvalue weighted by Gasteiger charge is 2.58. The molecule has 5 heteroatoms. The van der Waals surface area contributed by atoms with Crippen LogP contribution in [0.4, 0.5) is 5.95 Å². The molecule has 0 bridgehead atoms. The molecule has 2 fully saturated rings. The lowest BCUT2D eigenvalue weighted by molar-refractivity contribution is -0.0762. The Hall–Kier alpha value is -1.20. The Morgan fingerprint density at radius 1 is 1.09 bits per heavy atom. The van der Waals surface area contributed by atoms with Gasteiger partial charge in [-0.1, -0.05) is 53.9 Å². The Morgan fingerprint density at radius 3 is 2.50 bits per heavy atom. The van der Waals surface area contributed by atoms with Crippen LogP contribution in [0.25, 0.3) is 0 Å². The Morgan fingerprint density at radius 2 is 1.82 bits per heavy atom. The third-order valence-electron chi connectivity index (χ3n) is 10.9. The first kappa shape index (κ1) is 25.9. The molecule has 1 heterocycles. The number of nitrogens with zero attached hydrogens (tertiary/aromatic N) is 2. The van der Waals surface area contributed by atoms with Crippen LogP contribution >= 0.6 is 0 Å². The van der Waals surface area contributed by atoms with Gasteiger partial charge in [0.05, 0.1) is 0 Å². The van der Waals surface area contributed by atoms with Crippen LogP contribution in [0.5, 0.6) is 0 Å². The summed E-state index contributed by atoms with van der Waals surface area (Å²) >= 11 is 0. The maximum Gasteiger partial charge on any atom is 0.220 e. The second kappa shape index (κ2) is 10.0. The molecule has 4 rings (SSSR count). The van der Waals surface area contributed by atoms with Gasteiger partial charge in [-0.25, -0.2) is 9.97 Å². The summed E-state index contributed by atoms with van der Waals surface area (Å²) in [5, 5.41) is 10.5. The van der Waals surface area contributed by atoms with Gasteiger partial charge >= 0.3 is 0 Å². The molecule has 0 aromatic carbocycles. The number of nitrogen functional groups attached to an aromatic ring is 1. The number of aliphatic hydroxyl groups is 1. The zero-order valence-corrected chi connectivity index (χ0v) is 22.4. The highest BCUT2D eigenvalue weighted by atomic mass is 16.3. The molecule has 1 aromatic heterocycles. The van der Waals surface area contributed by atoms with Crippen molar-refractivity contribution in [2.24, 2.45) is 58.0 Å². The molecule has 5 nitrogen and oxygen atoms in total. The average molecular weight is 471 g/mol. The minimum Gasteiger partial charge on any atom is -0.396 e. The van der Waals surface area contributed by atoms with Gasteiger partial charge in [0, 0.05) is 18.5 Å². The molecule has 0 radical (unpaired) electrons. The predicted octanol–water partition coefficient (Wildman–Crippen LogP) is 5.25. The summed E-state index contributed by atoms with van der Waals surface area (Å²) in [6.45, 7) is 13.2. The van der Waals surface area contributed by atoms with E-state index >= 15 is 0 Å². The van der Waals surface area contributed by atoms with Gasteiger partial charge in [-0.3, -0.25) is 0 Å². The van der Waals surface area contributed by atoms with Gasteiger partial charge in [0.2, 0.25) is 5.95 Å². The zero-order valence-electron chi connectivity index (χ0n) is 22.4. The number of aromatic nitrogens is 2. The van der Waals surface area contributed by atoms with Crippen molar-refractivity contribution >= 4 is 5.95 Å². The normalized spacial score (nSPS) is 38.5. The summed E-state index contributed by atoms with van der Waals surface area (Å²) in [4.78, 5) is 8.82. The van der Waals surface area contributed by atoms with Crippen LogP contribution in [0.2, 0.25) is 0 Å². The number of nitrogens with two attached hydrogens (primary N) is 2. The van der Waals surface area contributed by atoms with E-state index in [0.717, 1.165) is 42.8 Å². The van der Waals surface area contributed by atoms with E-state index in [-0.39, 0.29) is 17.9 Å². The summed E-state index contributed by atoms with van der Waals surface area (Å²) in [6.07, 6.45) is 12.9. The lowest BCUT2D eigenvalue weighted by atomic mass is 9.48. The monoisotopic (exact) mass is 470 g/mol. The molecule has 8 atom stereocenters. The largest absolute Gasteiger partial charge is 0.396 e.